The number of ether oxygens (including phenoxy) is 2. The number of hydrogen-bond acceptors (Lipinski definition) is 7. The number of nitrogens with one attached hydrogen (secondary N) is 1. The van der Waals surface area contributed by atoms with E-state index in [4.69, 9.17) is 25.5 Å². The van der Waals surface area contributed by atoms with E-state index in [1.54, 1.807) is 43.3 Å². The molecule has 0 bridgehead atoms. The van der Waals surface area contributed by atoms with E-state index in [-0.39, 0.29) is 28.5 Å². The minimum atomic E-state index is -0.636. The van der Waals surface area contributed by atoms with Gasteiger partial charge in [-0.2, -0.15) is 0 Å². The number of nitrogens with zero attached hydrogens (tertiary/aromatic N) is 2. The first-order valence-electron chi connectivity index (χ1n) is 9.03. The molecule has 0 saturated heterocycles. The molecule has 7 nitrogen and oxygen atoms in total. The Morgan fingerprint density at radius 3 is 2.77 bits per heavy atom. The van der Waals surface area contributed by atoms with Crippen LogP contribution in [0.5, 0.6) is 11.5 Å². The Hall–Kier alpha value is -2.78. The molecule has 30 heavy (non-hydrogen) atoms. The molecule has 1 heterocycles. The summed E-state index contributed by atoms with van der Waals surface area (Å²) in [5.74, 6) is 0.388. The van der Waals surface area contributed by atoms with Crippen molar-refractivity contribution >= 4 is 29.3 Å². The van der Waals surface area contributed by atoms with Crippen LogP contribution in [0.3, 0.4) is 0 Å². The van der Waals surface area contributed by atoms with Crippen molar-refractivity contribution < 1.29 is 23.1 Å². The van der Waals surface area contributed by atoms with E-state index >= 15 is 0 Å². The smallest absolute Gasteiger partial charge is 0.277 e. The van der Waals surface area contributed by atoms with Gasteiger partial charge in [0.05, 0.1) is 12.3 Å². The van der Waals surface area contributed by atoms with E-state index in [0.29, 0.717) is 23.9 Å². The van der Waals surface area contributed by atoms with Gasteiger partial charge in [0.25, 0.3) is 11.1 Å². The topological polar surface area (TPSA) is 86.5 Å². The Kier molecular flexibility index (Phi) is 7.92. The second-order valence-electron chi connectivity index (χ2n) is 6.04. The van der Waals surface area contributed by atoms with Gasteiger partial charge in [-0.1, -0.05) is 35.5 Å². The number of carbonyl (C=O) groups excluding carboxylic acids is 1. The van der Waals surface area contributed by atoms with Gasteiger partial charge in [0.2, 0.25) is 5.91 Å². The zero-order valence-corrected chi connectivity index (χ0v) is 17.6. The van der Waals surface area contributed by atoms with Gasteiger partial charge in [-0.15, -0.1) is 10.2 Å². The molecule has 2 aromatic carbocycles. The van der Waals surface area contributed by atoms with Crippen LogP contribution in [0.15, 0.2) is 58.2 Å². The number of rotatable bonds is 10. The summed E-state index contributed by atoms with van der Waals surface area (Å²) in [6.07, 6.45) is -0.636. The second-order valence-corrected chi connectivity index (χ2v) is 7.40. The minimum absolute atomic E-state index is 0.0950. The van der Waals surface area contributed by atoms with Crippen LogP contribution < -0.4 is 14.8 Å². The Balaban J connectivity index is 1.37. The summed E-state index contributed by atoms with van der Waals surface area (Å²) in [6.45, 7) is 2.35. The Morgan fingerprint density at radius 2 is 2.00 bits per heavy atom. The third-order valence-electron chi connectivity index (χ3n) is 3.74. The number of hydrogen-bond donors (Lipinski definition) is 1. The molecule has 0 fully saturated rings. The summed E-state index contributed by atoms with van der Waals surface area (Å²) in [6, 6.07) is 13.0. The lowest BCUT2D eigenvalue weighted by atomic mass is 10.3. The Morgan fingerprint density at radius 1 is 1.23 bits per heavy atom. The molecule has 0 aliphatic rings. The number of amides is 1. The minimum Gasteiger partial charge on any atom is -0.492 e. The standard InChI is InChI=1S/C20H19ClFN3O4S/c1-13(28-17-5-3-2-4-16(17)22)19-24-25-20(29-19)30-12-18(26)23-10-11-27-15-8-6-14(21)7-9-15/h2-9,13H,10-12H2,1H3,(H,23,26)/t13-/m0/s1. The van der Waals surface area contributed by atoms with E-state index in [9.17, 15) is 9.18 Å². The first-order chi connectivity index (χ1) is 14.5. The zero-order chi connectivity index (χ0) is 21.3. The molecule has 3 rings (SSSR count). The van der Waals surface area contributed by atoms with Crippen LogP contribution >= 0.6 is 23.4 Å². The van der Waals surface area contributed by atoms with Crippen molar-refractivity contribution in [3.8, 4) is 11.5 Å². The van der Waals surface area contributed by atoms with Gasteiger partial charge in [0.1, 0.15) is 12.4 Å². The molecular formula is C20H19ClFN3O4S. The molecule has 158 valence electrons. The molecule has 1 amide bonds. The van der Waals surface area contributed by atoms with Gasteiger partial charge in [0.15, 0.2) is 17.7 Å². The van der Waals surface area contributed by atoms with E-state index in [1.807, 2.05) is 0 Å². The highest BCUT2D eigenvalue weighted by atomic mass is 35.5. The van der Waals surface area contributed by atoms with Crippen LogP contribution in [-0.2, 0) is 4.79 Å². The number of benzene rings is 2. The third kappa shape index (κ3) is 6.64. The summed E-state index contributed by atoms with van der Waals surface area (Å²) in [5, 5.41) is 11.4. The van der Waals surface area contributed by atoms with Crippen molar-refractivity contribution in [2.75, 3.05) is 18.9 Å². The summed E-state index contributed by atoms with van der Waals surface area (Å²) in [4.78, 5) is 11.9. The van der Waals surface area contributed by atoms with Crippen molar-refractivity contribution in [3.05, 3.63) is 65.3 Å². The molecule has 10 heteroatoms. The average molecular weight is 452 g/mol. The van der Waals surface area contributed by atoms with Gasteiger partial charge in [0, 0.05) is 5.02 Å². The van der Waals surface area contributed by atoms with Crippen LogP contribution in [0.2, 0.25) is 5.02 Å². The van der Waals surface area contributed by atoms with Crippen molar-refractivity contribution in [1.29, 1.82) is 0 Å². The highest BCUT2D eigenvalue weighted by molar-refractivity contribution is 7.99. The van der Waals surface area contributed by atoms with Crippen molar-refractivity contribution in [3.63, 3.8) is 0 Å². The summed E-state index contributed by atoms with van der Waals surface area (Å²) in [5.41, 5.74) is 0. The molecule has 0 spiro atoms. The van der Waals surface area contributed by atoms with E-state index in [1.165, 1.54) is 12.1 Å². The fourth-order valence-corrected chi connectivity index (χ4v) is 3.02. The van der Waals surface area contributed by atoms with Crippen LogP contribution in [-0.4, -0.2) is 35.0 Å². The predicted molar refractivity (Wildman–Crippen MR) is 110 cm³/mol. The molecule has 1 atom stereocenters. The first-order valence-corrected chi connectivity index (χ1v) is 10.4. The van der Waals surface area contributed by atoms with Gasteiger partial charge in [-0.05, 0) is 43.3 Å². The number of carbonyl (C=O) groups is 1. The lowest BCUT2D eigenvalue weighted by molar-refractivity contribution is -0.118. The highest BCUT2D eigenvalue weighted by Gasteiger charge is 2.18. The predicted octanol–water partition coefficient (Wildman–Crippen LogP) is 4.29. The lowest BCUT2D eigenvalue weighted by Crippen LogP contribution is -2.29. The van der Waals surface area contributed by atoms with Crippen LogP contribution in [0.1, 0.15) is 18.9 Å². The molecular weight excluding hydrogens is 433 g/mol. The van der Waals surface area contributed by atoms with Gasteiger partial charge in [-0.3, -0.25) is 4.79 Å². The summed E-state index contributed by atoms with van der Waals surface area (Å²) < 4.78 is 30.1. The lowest BCUT2D eigenvalue weighted by Gasteiger charge is -2.11. The van der Waals surface area contributed by atoms with Crippen LogP contribution in [0.25, 0.3) is 0 Å². The number of aromatic nitrogens is 2. The molecule has 1 aromatic heterocycles. The van der Waals surface area contributed by atoms with E-state index in [2.05, 4.69) is 15.5 Å². The van der Waals surface area contributed by atoms with E-state index < -0.39 is 11.9 Å². The number of para-hydroxylation sites is 1. The maximum absolute atomic E-state index is 13.7. The van der Waals surface area contributed by atoms with Crippen molar-refractivity contribution in [2.24, 2.45) is 0 Å². The largest absolute Gasteiger partial charge is 0.492 e. The quantitative estimate of drug-likeness (QED) is 0.363. The number of thioether (sulfide) groups is 1. The fraction of sp³-hybridized carbons (Fsp3) is 0.250. The second kappa shape index (κ2) is 10.8. The maximum Gasteiger partial charge on any atom is 0.277 e. The Labute approximate surface area is 181 Å². The third-order valence-corrected chi connectivity index (χ3v) is 4.81. The summed E-state index contributed by atoms with van der Waals surface area (Å²) >= 11 is 6.90. The molecule has 0 unspecified atom stereocenters. The van der Waals surface area contributed by atoms with Gasteiger partial charge >= 0.3 is 0 Å². The fourth-order valence-electron chi connectivity index (χ4n) is 2.29. The molecule has 0 aliphatic heterocycles. The molecule has 0 saturated carbocycles. The zero-order valence-electron chi connectivity index (χ0n) is 16.0. The highest BCUT2D eigenvalue weighted by Crippen LogP contribution is 2.25. The summed E-state index contributed by atoms with van der Waals surface area (Å²) in [7, 11) is 0. The van der Waals surface area contributed by atoms with Gasteiger partial charge in [-0.25, -0.2) is 4.39 Å². The monoisotopic (exact) mass is 451 g/mol. The first kappa shape index (κ1) is 21.9. The molecule has 0 aliphatic carbocycles. The molecule has 0 radical (unpaired) electrons. The number of halogens is 2. The average Bonchev–Trinajstić information content (AvgIpc) is 3.22. The normalized spacial score (nSPS) is 11.7. The van der Waals surface area contributed by atoms with Gasteiger partial charge < -0.3 is 19.2 Å². The SMILES string of the molecule is C[C@H](Oc1ccccc1F)c1nnc(SCC(=O)NCCOc2ccc(Cl)cc2)o1. The Bertz CT molecular complexity index is 971. The van der Waals surface area contributed by atoms with Crippen LogP contribution in [0, 0.1) is 5.82 Å². The molecule has 3 aromatic rings. The maximum atomic E-state index is 13.7. The van der Waals surface area contributed by atoms with Crippen LogP contribution in [0.4, 0.5) is 4.39 Å². The van der Waals surface area contributed by atoms with Crippen molar-refractivity contribution in [1.82, 2.24) is 15.5 Å². The van der Waals surface area contributed by atoms with E-state index in [0.717, 1.165) is 11.8 Å². The molecule has 1 N–H and O–H groups in total. The van der Waals surface area contributed by atoms with Crippen molar-refractivity contribution in [2.45, 2.75) is 18.3 Å².